The second-order valence-electron chi connectivity index (χ2n) is 12.1. The molecule has 1 aromatic heterocycles. The summed E-state index contributed by atoms with van der Waals surface area (Å²) in [5.41, 5.74) is 3.31. The van der Waals surface area contributed by atoms with Gasteiger partial charge in [0.25, 0.3) is 5.91 Å². The molecule has 1 saturated heterocycles. The maximum absolute atomic E-state index is 13.7. The zero-order valence-corrected chi connectivity index (χ0v) is 29.7. The maximum atomic E-state index is 13.7. The van der Waals surface area contributed by atoms with Crippen LogP contribution in [0.4, 0.5) is 5.95 Å². The number of hydrogen-bond donors (Lipinski definition) is 0. The van der Waals surface area contributed by atoms with Gasteiger partial charge in [-0.15, -0.1) is 0 Å². The molecule has 1 amide bonds. The molecule has 1 atom stereocenters. The van der Waals surface area contributed by atoms with Crippen molar-refractivity contribution in [1.82, 2.24) is 19.4 Å². The van der Waals surface area contributed by atoms with E-state index in [4.69, 9.17) is 35.5 Å². The number of aromatic nitrogens is 2. The molecule has 0 bridgehead atoms. The fourth-order valence-corrected chi connectivity index (χ4v) is 6.69. The van der Waals surface area contributed by atoms with E-state index < -0.39 is 0 Å². The number of anilines is 1. The van der Waals surface area contributed by atoms with Crippen LogP contribution in [0.25, 0.3) is 11.0 Å². The average Bonchev–Trinajstić information content (AvgIpc) is 3.29. The third-order valence-corrected chi connectivity index (χ3v) is 9.20. The van der Waals surface area contributed by atoms with Crippen molar-refractivity contribution in [1.29, 1.82) is 0 Å². The fraction of sp³-hybridized carbons (Fsp3) is 0.432. The van der Waals surface area contributed by atoms with E-state index in [9.17, 15) is 9.59 Å². The highest BCUT2D eigenvalue weighted by atomic mass is 35.5. The SMILES string of the molecule is CCOC(=O)Cn1c(N2CCCN(CCC(CN(C)C(=O)c3cc(OC)c(OC)c(OC)c3)c3cccc(Cl)c3)CC2)nc2ccccc21. The molecule has 12 heteroatoms. The van der Waals surface area contributed by atoms with Crippen molar-refractivity contribution < 1.29 is 28.5 Å². The number of fused-ring (bicyclic) bond motifs is 1. The summed E-state index contributed by atoms with van der Waals surface area (Å²) in [4.78, 5) is 37.7. The maximum Gasteiger partial charge on any atom is 0.326 e. The van der Waals surface area contributed by atoms with Crippen LogP contribution >= 0.6 is 11.6 Å². The predicted molar refractivity (Wildman–Crippen MR) is 192 cm³/mol. The van der Waals surface area contributed by atoms with Gasteiger partial charge in [-0.2, -0.15) is 0 Å². The molecule has 2 heterocycles. The standard InChI is InChI=1S/C37H46ClN5O6/c1-6-49-34(44)25-43-31-14-8-7-13-30(31)39-37(43)42-17-10-16-41(19-20-42)18-15-27(26-11-9-12-29(38)21-26)24-40(2)36(45)28-22-32(46-3)35(48-5)33(23-28)47-4/h7-9,11-14,21-23,27H,6,10,15-20,24-25H2,1-5H3. The molecule has 0 aliphatic carbocycles. The second-order valence-corrected chi connectivity index (χ2v) is 12.6. The van der Waals surface area contributed by atoms with Crippen LogP contribution in [0.15, 0.2) is 60.7 Å². The van der Waals surface area contributed by atoms with E-state index in [2.05, 4.69) is 15.9 Å². The quantitative estimate of drug-likeness (QED) is 0.153. The first-order chi connectivity index (χ1) is 23.8. The van der Waals surface area contributed by atoms with Crippen LogP contribution in [-0.4, -0.2) is 105 Å². The molecular formula is C37H46ClN5O6. The van der Waals surface area contributed by atoms with E-state index in [1.54, 1.807) is 17.0 Å². The Labute approximate surface area is 293 Å². The first-order valence-corrected chi connectivity index (χ1v) is 17.0. The van der Waals surface area contributed by atoms with Gasteiger partial charge in [0.2, 0.25) is 11.7 Å². The van der Waals surface area contributed by atoms with Gasteiger partial charge in [0.15, 0.2) is 11.5 Å². The number of benzene rings is 3. The average molecular weight is 692 g/mol. The molecule has 5 rings (SSSR count). The minimum absolute atomic E-state index is 0.0443. The Morgan fingerprint density at radius 1 is 0.939 bits per heavy atom. The number of methoxy groups -OCH3 is 3. The zero-order valence-electron chi connectivity index (χ0n) is 29.0. The molecule has 1 aliphatic heterocycles. The molecule has 1 unspecified atom stereocenters. The van der Waals surface area contributed by atoms with Crippen LogP contribution in [0, 0.1) is 0 Å². The molecule has 1 fully saturated rings. The van der Waals surface area contributed by atoms with Gasteiger partial charge in [-0.3, -0.25) is 14.2 Å². The Kier molecular flexibility index (Phi) is 12.2. The summed E-state index contributed by atoms with van der Waals surface area (Å²) in [7, 11) is 6.42. The number of carbonyl (C=O) groups is 2. The van der Waals surface area contributed by atoms with Crippen molar-refractivity contribution in [2.75, 3.05) is 79.2 Å². The Morgan fingerprint density at radius 2 is 1.69 bits per heavy atom. The lowest BCUT2D eigenvalue weighted by molar-refractivity contribution is -0.143. The number of amides is 1. The highest BCUT2D eigenvalue weighted by molar-refractivity contribution is 6.30. The third-order valence-electron chi connectivity index (χ3n) is 8.96. The van der Waals surface area contributed by atoms with E-state index in [0.717, 1.165) is 68.1 Å². The van der Waals surface area contributed by atoms with Crippen molar-refractivity contribution in [3.63, 3.8) is 0 Å². The summed E-state index contributed by atoms with van der Waals surface area (Å²) >= 11 is 6.44. The lowest BCUT2D eigenvalue weighted by Gasteiger charge is -2.28. The van der Waals surface area contributed by atoms with Crippen molar-refractivity contribution in [3.8, 4) is 17.2 Å². The molecule has 11 nitrogen and oxygen atoms in total. The molecule has 0 radical (unpaired) electrons. The molecular weight excluding hydrogens is 646 g/mol. The molecule has 0 saturated carbocycles. The van der Waals surface area contributed by atoms with Gasteiger partial charge in [-0.05, 0) is 74.8 Å². The van der Waals surface area contributed by atoms with Gasteiger partial charge >= 0.3 is 5.97 Å². The molecule has 4 aromatic rings. The highest BCUT2D eigenvalue weighted by Gasteiger charge is 2.25. The number of esters is 1. The lowest BCUT2D eigenvalue weighted by Crippen LogP contribution is -2.35. The van der Waals surface area contributed by atoms with Crippen LogP contribution in [0.2, 0.25) is 5.02 Å². The van der Waals surface area contributed by atoms with Crippen molar-refractivity contribution in [2.45, 2.75) is 32.2 Å². The number of para-hydroxylation sites is 2. The monoisotopic (exact) mass is 691 g/mol. The summed E-state index contributed by atoms with van der Waals surface area (Å²) in [6.07, 6.45) is 1.78. The summed E-state index contributed by atoms with van der Waals surface area (Å²) in [5, 5.41) is 0.664. The molecule has 262 valence electrons. The predicted octanol–water partition coefficient (Wildman–Crippen LogP) is 5.74. The lowest BCUT2D eigenvalue weighted by atomic mass is 9.94. The second kappa shape index (κ2) is 16.8. The molecule has 0 spiro atoms. The van der Waals surface area contributed by atoms with Crippen LogP contribution in [-0.2, 0) is 16.1 Å². The van der Waals surface area contributed by atoms with E-state index in [-0.39, 0.29) is 24.3 Å². The van der Waals surface area contributed by atoms with Crippen LogP contribution in [0.5, 0.6) is 17.2 Å². The summed E-state index contributed by atoms with van der Waals surface area (Å²) in [6.45, 7) is 6.97. The summed E-state index contributed by atoms with van der Waals surface area (Å²) in [5.74, 6) is 1.70. The Balaban J connectivity index is 1.29. The highest BCUT2D eigenvalue weighted by Crippen LogP contribution is 2.38. The first kappa shape index (κ1) is 35.8. The van der Waals surface area contributed by atoms with Crippen LogP contribution in [0.1, 0.15) is 41.6 Å². The third kappa shape index (κ3) is 8.58. The van der Waals surface area contributed by atoms with Crippen molar-refractivity contribution in [2.24, 2.45) is 0 Å². The number of imidazole rings is 1. The van der Waals surface area contributed by atoms with Gasteiger partial charge < -0.3 is 33.6 Å². The molecule has 0 N–H and O–H groups in total. The van der Waals surface area contributed by atoms with Gasteiger partial charge in [0.05, 0.1) is 39.0 Å². The topological polar surface area (TPSA) is 98.6 Å². The number of likely N-dealkylation sites (N-methyl/N-ethyl adjacent to an activating group) is 1. The summed E-state index contributed by atoms with van der Waals surface area (Å²) < 4.78 is 23.7. The van der Waals surface area contributed by atoms with Gasteiger partial charge in [-0.1, -0.05) is 35.9 Å². The van der Waals surface area contributed by atoms with Gasteiger partial charge in [0, 0.05) is 49.7 Å². The normalized spacial score (nSPS) is 14.3. The van der Waals surface area contributed by atoms with E-state index >= 15 is 0 Å². The minimum atomic E-state index is -0.274. The smallest absolute Gasteiger partial charge is 0.326 e. The fourth-order valence-electron chi connectivity index (χ4n) is 6.49. The number of nitrogens with zero attached hydrogens (tertiary/aromatic N) is 5. The number of rotatable bonds is 14. The van der Waals surface area contributed by atoms with Gasteiger partial charge in [0.1, 0.15) is 6.54 Å². The number of halogens is 1. The van der Waals surface area contributed by atoms with Crippen molar-refractivity contribution >= 4 is 40.5 Å². The molecule has 49 heavy (non-hydrogen) atoms. The Bertz CT molecular complexity index is 1720. The van der Waals surface area contributed by atoms with Crippen LogP contribution in [0.3, 0.4) is 0 Å². The van der Waals surface area contributed by atoms with E-state index in [0.29, 0.717) is 41.0 Å². The van der Waals surface area contributed by atoms with Gasteiger partial charge in [-0.25, -0.2) is 4.98 Å². The zero-order chi connectivity index (χ0) is 34.9. The van der Waals surface area contributed by atoms with E-state index in [1.807, 2.05) is 61.0 Å². The molecule has 3 aromatic carbocycles. The Morgan fingerprint density at radius 3 is 2.39 bits per heavy atom. The summed E-state index contributed by atoms with van der Waals surface area (Å²) in [6, 6.07) is 19.1. The Hall–Kier alpha value is -4.48. The van der Waals surface area contributed by atoms with Crippen LogP contribution < -0.4 is 19.1 Å². The largest absolute Gasteiger partial charge is 0.493 e. The number of ether oxygens (including phenoxy) is 4. The van der Waals surface area contributed by atoms with E-state index in [1.165, 1.54) is 21.3 Å². The minimum Gasteiger partial charge on any atom is -0.493 e. The van der Waals surface area contributed by atoms with Crippen molar-refractivity contribution in [3.05, 3.63) is 76.8 Å². The number of hydrogen-bond acceptors (Lipinski definition) is 9. The first-order valence-electron chi connectivity index (χ1n) is 16.6. The number of carbonyl (C=O) groups excluding carboxylic acids is 2. The molecule has 1 aliphatic rings.